The highest BCUT2D eigenvalue weighted by Gasteiger charge is 2.27. The molecule has 6 heterocycles. The minimum absolute atomic E-state index is 0.0000926. The highest BCUT2D eigenvalue weighted by atomic mass is 35.5. The molecule has 0 saturated carbocycles. The van der Waals surface area contributed by atoms with E-state index >= 15 is 0 Å². The van der Waals surface area contributed by atoms with Crippen LogP contribution in [0.1, 0.15) is 112 Å². The van der Waals surface area contributed by atoms with Gasteiger partial charge in [-0.25, -0.2) is 14.4 Å². The smallest absolute Gasteiger partial charge is 0.339 e. The van der Waals surface area contributed by atoms with E-state index in [1.54, 1.807) is 30.3 Å². The average molecular weight is 1770 g/mol. The number of hydrogen-bond acceptors (Lipinski definition) is 28. The SMILES string of the molecule is CCOCCCNC(=O)c1ccc(C(=O)NCC2COc3ccccc3O2)cc1N.CCOCCCn1c(=S)[nH]c2cc(C(=O)NCC3COc4ccccc4O3)ccc2c1=O.COC(=O)c1ccc(C(=O)NCC2COc3ccccc3O2)cc1N.COC(=O)c1ccc(C(=O)O)cc1N.NCC1COc2ccccc2O1.OC1CCCO1.S=C(Cl)Cl. The fraction of sp³-hybridized carbons (Fsp3) is 0.326. The Labute approximate surface area is 729 Å². The maximum absolute atomic E-state index is 12.8. The van der Waals surface area contributed by atoms with E-state index in [4.69, 9.17) is 121 Å². The van der Waals surface area contributed by atoms with Gasteiger partial charge in [0, 0.05) is 92.8 Å². The number of thiocarbonyl (C=S) groups is 1. The van der Waals surface area contributed by atoms with Gasteiger partial charge in [-0.2, -0.15) is 0 Å². The second kappa shape index (κ2) is 50.2. The van der Waals surface area contributed by atoms with E-state index < -0.39 is 24.2 Å². The van der Waals surface area contributed by atoms with Crippen LogP contribution in [0.5, 0.6) is 46.0 Å². The minimum atomic E-state index is -1.09. The molecule has 0 aliphatic carbocycles. The van der Waals surface area contributed by atoms with Crippen LogP contribution in [0.25, 0.3) is 10.9 Å². The molecule has 0 spiro atoms. The molecular formula is C86H98Cl2N10O23S2. The molecule has 33 nitrogen and oxygen atoms in total. The van der Waals surface area contributed by atoms with Crippen LogP contribution in [0.15, 0.2) is 175 Å². The molecular weight excluding hydrogens is 1680 g/mol. The molecule has 0 bridgehead atoms. The highest BCUT2D eigenvalue weighted by Crippen LogP contribution is 2.34. The van der Waals surface area contributed by atoms with E-state index in [0.29, 0.717) is 158 Å². The number of carbonyl (C=O) groups is 7. The first kappa shape index (κ1) is 96.1. The van der Waals surface area contributed by atoms with Crippen molar-refractivity contribution in [1.29, 1.82) is 0 Å². The molecule has 1 saturated heterocycles. The number of amides is 4. The van der Waals surface area contributed by atoms with Crippen LogP contribution in [0, 0.1) is 4.77 Å². The summed E-state index contributed by atoms with van der Waals surface area (Å²) in [6.45, 7) is 11.0. The number of nitrogens with one attached hydrogen (secondary N) is 5. The third-order valence-corrected chi connectivity index (χ3v) is 18.3. The molecule has 15 N–H and O–H groups in total. The number of carbonyl (C=O) groups excluding carboxylic acids is 6. The van der Waals surface area contributed by atoms with Crippen LogP contribution >= 0.6 is 47.6 Å². The largest absolute Gasteiger partial charge is 0.486 e. The van der Waals surface area contributed by atoms with E-state index in [-0.39, 0.29) is 104 Å². The molecule has 123 heavy (non-hydrogen) atoms. The molecule has 8 aromatic carbocycles. The molecule has 4 amide bonds. The van der Waals surface area contributed by atoms with Crippen LogP contribution in [0.2, 0.25) is 0 Å². The topological polar surface area (TPSA) is 470 Å². The molecule has 1 aromatic heterocycles. The van der Waals surface area contributed by atoms with Crippen molar-refractivity contribution in [3.8, 4) is 46.0 Å². The number of fused-ring (bicyclic) bond motifs is 5. The summed E-state index contributed by atoms with van der Waals surface area (Å²) in [4.78, 5) is 98.6. The molecule has 1 fully saturated rings. The standard InChI is InChI=1S/C23H25N3O5S.C22H27N3O5.C18H18N2O5.C9H9NO4.C9H11NO2.C4H8O2.CCl2S/c1-2-29-11-5-10-26-22(28)17-9-8-15(12-18(17)25-23(26)32)21(27)24-13-16-14-30-19-6-3-4-7-20(19)31-16;1-2-28-11-5-10-24-22(27)17-9-8-15(12-18(17)23)21(26)25-13-16-14-29-19-6-3-4-7-20(19)30-16;1-23-18(22)13-7-6-11(8-14(13)19)17(21)20-9-12-10-24-15-4-2-3-5-16(15)25-12;1-14-9(13)6-3-2-5(8(11)12)4-7(6)10;10-5-7-6-11-8-3-1-2-4-9(8)12-7;5-4-2-1-3-6-4;2-1(3)4/h3-4,6-9,12,16H,2,5,10-11,13-14H2,1H3,(H,24,27)(H,25,32);3-4,6-9,12,16H,2,5,10-11,13-14,23H2,1H3,(H,24,27)(H,25,26);2-8,12H,9-10,19H2,1H3,(H,20,21);2-4H,10H2,1H3,(H,11,12);1-4,7H,5-6,10H2;4-5H,1-3H2;. The maximum Gasteiger partial charge on any atom is 0.339 e. The summed E-state index contributed by atoms with van der Waals surface area (Å²) in [5.74, 6) is 2.27. The summed E-state index contributed by atoms with van der Waals surface area (Å²) in [5.41, 5.74) is 25.5. The first-order chi connectivity index (χ1) is 59.3. The average Bonchev–Trinajstić information content (AvgIpc) is 1.05. The summed E-state index contributed by atoms with van der Waals surface area (Å²) in [6.07, 6.45) is 1.93. The number of nitrogen functional groups attached to an aromatic ring is 3. The van der Waals surface area contributed by atoms with E-state index in [1.165, 1.54) is 61.3 Å². The fourth-order valence-electron chi connectivity index (χ4n) is 11.7. The number of ether oxygens (including phenoxy) is 13. The number of benzene rings is 8. The van der Waals surface area contributed by atoms with E-state index in [2.05, 4.69) is 47.9 Å². The summed E-state index contributed by atoms with van der Waals surface area (Å²) < 4.78 is 71.5. The lowest BCUT2D eigenvalue weighted by atomic mass is 10.1. The third kappa shape index (κ3) is 30.4. The van der Waals surface area contributed by atoms with Gasteiger partial charge in [0.15, 0.2) is 60.8 Å². The van der Waals surface area contributed by atoms with Gasteiger partial charge >= 0.3 is 17.9 Å². The number of esters is 2. The second-order valence-corrected chi connectivity index (χ2v) is 28.9. The molecule has 656 valence electrons. The van der Waals surface area contributed by atoms with Crippen molar-refractivity contribution < 1.29 is 105 Å². The Balaban J connectivity index is 0.000000192. The van der Waals surface area contributed by atoms with Gasteiger partial charge in [0.1, 0.15) is 50.8 Å². The van der Waals surface area contributed by atoms with Gasteiger partial charge in [0.05, 0.1) is 67.0 Å². The monoisotopic (exact) mass is 1770 g/mol. The Morgan fingerprint density at radius 2 is 0.894 bits per heavy atom. The number of rotatable bonds is 24. The number of para-hydroxylation sites is 8. The molecule has 14 rings (SSSR count). The van der Waals surface area contributed by atoms with Gasteiger partial charge < -0.3 is 121 Å². The number of carboxylic acid groups (broad SMARTS) is 1. The number of nitrogens with zero attached hydrogens (tertiary/aromatic N) is 1. The zero-order chi connectivity index (χ0) is 88.7. The number of aromatic amines is 1. The Kier molecular flexibility index (Phi) is 39.2. The lowest BCUT2D eigenvalue weighted by Gasteiger charge is -2.26. The molecule has 5 unspecified atom stereocenters. The first-order valence-corrected chi connectivity index (χ1v) is 40.4. The number of H-pyrrole nitrogens is 1. The van der Waals surface area contributed by atoms with Crippen molar-refractivity contribution in [2.24, 2.45) is 5.73 Å². The Hall–Kier alpha value is -12.3. The van der Waals surface area contributed by atoms with Gasteiger partial charge in [-0.1, -0.05) is 84.0 Å². The summed E-state index contributed by atoms with van der Waals surface area (Å²) >= 11 is 19.0. The highest BCUT2D eigenvalue weighted by molar-refractivity contribution is 7.86. The zero-order valence-electron chi connectivity index (χ0n) is 67.8. The normalized spacial score (nSPS) is 15.6. The number of nitrogens with two attached hydrogens (primary N) is 4. The number of anilines is 3. The number of hydrogen-bond donors (Lipinski definition) is 11. The van der Waals surface area contributed by atoms with Crippen molar-refractivity contribution in [1.82, 2.24) is 30.8 Å². The summed E-state index contributed by atoms with van der Waals surface area (Å²) in [5, 5.41) is 28.9. The van der Waals surface area contributed by atoms with Crippen LogP contribution in [-0.4, -0.2) is 202 Å². The van der Waals surface area contributed by atoms with Crippen LogP contribution in [0.3, 0.4) is 0 Å². The van der Waals surface area contributed by atoms with E-state index in [9.17, 15) is 38.4 Å². The number of aromatic carboxylic acids is 1. The third-order valence-electron chi connectivity index (χ3n) is 18.0. The predicted octanol–water partition coefficient (Wildman–Crippen LogP) is 10.1. The maximum atomic E-state index is 12.8. The van der Waals surface area contributed by atoms with Crippen LogP contribution in [-0.2, 0) is 30.2 Å². The van der Waals surface area contributed by atoms with Gasteiger partial charge in [0.2, 0.25) is 0 Å². The zero-order valence-corrected chi connectivity index (χ0v) is 70.9. The van der Waals surface area contributed by atoms with Crippen molar-refractivity contribution in [3.05, 3.63) is 224 Å². The number of aliphatic hydroxyl groups excluding tert-OH is 1. The lowest BCUT2D eigenvalue weighted by Crippen LogP contribution is -2.40. The number of aromatic nitrogens is 2. The summed E-state index contributed by atoms with van der Waals surface area (Å²) in [6, 6.07) is 47.6. The lowest BCUT2D eigenvalue weighted by molar-refractivity contribution is -0.0589. The van der Waals surface area contributed by atoms with Gasteiger partial charge in [0.25, 0.3) is 29.2 Å². The number of aliphatic hydroxyl groups is 1. The molecule has 9 aromatic rings. The van der Waals surface area contributed by atoms with E-state index in [0.717, 1.165) is 37.4 Å². The molecule has 37 heteroatoms. The molecule has 5 aliphatic heterocycles. The van der Waals surface area contributed by atoms with Crippen molar-refractivity contribution >= 4 is 121 Å². The summed E-state index contributed by atoms with van der Waals surface area (Å²) in [7, 11) is 2.50. The van der Waals surface area contributed by atoms with Crippen molar-refractivity contribution in [2.75, 3.05) is 124 Å². The number of carboxylic acids is 1. The van der Waals surface area contributed by atoms with Crippen molar-refractivity contribution in [2.45, 2.75) is 76.8 Å². The second-order valence-electron chi connectivity index (χ2n) is 26.7. The van der Waals surface area contributed by atoms with Crippen molar-refractivity contribution in [3.63, 3.8) is 0 Å². The quantitative estimate of drug-likeness (QED) is 0.00880. The molecule has 5 atom stereocenters. The van der Waals surface area contributed by atoms with Gasteiger partial charge in [-0.3, -0.25) is 28.5 Å². The minimum Gasteiger partial charge on any atom is -0.486 e. The predicted molar refractivity (Wildman–Crippen MR) is 467 cm³/mol. The Morgan fingerprint density at radius 1 is 0.520 bits per heavy atom. The van der Waals surface area contributed by atoms with Crippen LogP contribution < -0.4 is 87.7 Å². The Bertz CT molecular complexity index is 5190. The first-order valence-electron chi connectivity index (χ1n) is 38.8. The fourth-order valence-corrected chi connectivity index (χ4v) is 12.0. The number of halogens is 2. The van der Waals surface area contributed by atoms with E-state index in [1.807, 2.05) is 111 Å². The molecule has 0 radical (unpaired) electrons. The molecule has 5 aliphatic rings. The number of methoxy groups -OCH3 is 2. The van der Waals surface area contributed by atoms with Gasteiger partial charge in [-0.05, 0) is 167 Å². The Morgan fingerprint density at radius 3 is 1.27 bits per heavy atom. The van der Waals surface area contributed by atoms with Gasteiger partial charge in [-0.15, -0.1) is 0 Å². The van der Waals surface area contributed by atoms with Crippen LogP contribution in [0.4, 0.5) is 17.1 Å².